The molecule has 1 fully saturated rings. The summed E-state index contributed by atoms with van der Waals surface area (Å²) in [6, 6.07) is 1.62. The molecule has 1 heterocycles. The van der Waals surface area contributed by atoms with Gasteiger partial charge >= 0.3 is 0 Å². The maximum absolute atomic E-state index is 12.0. The highest BCUT2D eigenvalue weighted by Crippen LogP contribution is 2.26. The number of furan rings is 1. The first kappa shape index (κ1) is 13.1. The van der Waals surface area contributed by atoms with E-state index in [2.05, 4.69) is 5.32 Å². The van der Waals surface area contributed by atoms with E-state index in [1.54, 1.807) is 19.9 Å². The maximum Gasteiger partial charge on any atom is 0.255 e. The Bertz CT molecular complexity index is 440. The fourth-order valence-corrected chi connectivity index (χ4v) is 2.54. The predicted octanol–water partition coefficient (Wildman–Crippen LogP) is 0.758. The van der Waals surface area contributed by atoms with Crippen LogP contribution in [0.2, 0.25) is 0 Å². The van der Waals surface area contributed by atoms with Crippen LogP contribution >= 0.6 is 0 Å². The molecule has 0 spiro atoms. The van der Waals surface area contributed by atoms with Crippen LogP contribution in [0.25, 0.3) is 0 Å². The molecule has 1 aliphatic carbocycles. The monoisotopic (exact) mass is 253 g/mol. The molecule has 1 aromatic rings. The maximum atomic E-state index is 12.0. The van der Waals surface area contributed by atoms with Crippen LogP contribution in [0.3, 0.4) is 0 Å². The first-order valence-electron chi connectivity index (χ1n) is 6.18. The molecule has 100 valence electrons. The number of hydrogen-bond acceptors (Lipinski definition) is 4. The standard InChI is InChI=1S/C13H19NO4/c1-7-3-11(8(2)18-7)13(17)14-10-4-9(6-15)12(16)5-10/h3,9-10,12,15-16H,4-6H2,1-2H3,(H,14,17)/t9-,10+,12+/m0/s1. The zero-order valence-corrected chi connectivity index (χ0v) is 10.6. The molecule has 5 heteroatoms. The van der Waals surface area contributed by atoms with Gasteiger partial charge in [-0.25, -0.2) is 0 Å². The number of aliphatic hydroxyl groups is 2. The summed E-state index contributed by atoms with van der Waals surface area (Å²) >= 11 is 0. The zero-order chi connectivity index (χ0) is 13.3. The molecule has 1 amide bonds. The van der Waals surface area contributed by atoms with Crippen molar-refractivity contribution in [1.82, 2.24) is 5.32 Å². The number of aliphatic hydroxyl groups excluding tert-OH is 2. The lowest BCUT2D eigenvalue weighted by Crippen LogP contribution is -2.33. The summed E-state index contributed by atoms with van der Waals surface area (Å²) in [5, 5.41) is 21.6. The van der Waals surface area contributed by atoms with Gasteiger partial charge in [0, 0.05) is 18.6 Å². The number of amides is 1. The molecule has 1 aromatic heterocycles. The van der Waals surface area contributed by atoms with E-state index in [1.807, 2.05) is 0 Å². The lowest BCUT2D eigenvalue weighted by molar-refractivity contribution is 0.0903. The summed E-state index contributed by atoms with van der Waals surface area (Å²) in [6.07, 6.45) is 0.569. The highest BCUT2D eigenvalue weighted by Gasteiger charge is 2.33. The van der Waals surface area contributed by atoms with E-state index in [0.717, 1.165) is 0 Å². The first-order chi connectivity index (χ1) is 8.51. The van der Waals surface area contributed by atoms with Gasteiger partial charge in [0.2, 0.25) is 0 Å². The molecule has 1 aliphatic rings. The van der Waals surface area contributed by atoms with Gasteiger partial charge < -0.3 is 19.9 Å². The highest BCUT2D eigenvalue weighted by atomic mass is 16.3. The number of carbonyl (C=O) groups excluding carboxylic acids is 1. The van der Waals surface area contributed by atoms with E-state index in [9.17, 15) is 9.90 Å². The van der Waals surface area contributed by atoms with Crippen molar-refractivity contribution in [3.63, 3.8) is 0 Å². The minimum Gasteiger partial charge on any atom is -0.466 e. The van der Waals surface area contributed by atoms with Gasteiger partial charge in [-0.3, -0.25) is 4.79 Å². The third kappa shape index (κ3) is 2.57. The molecule has 1 saturated carbocycles. The largest absolute Gasteiger partial charge is 0.466 e. The smallest absolute Gasteiger partial charge is 0.255 e. The van der Waals surface area contributed by atoms with E-state index < -0.39 is 6.10 Å². The van der Waals surface area contributed by atoms with Gasteiger partial charge in [0.15, 0.2) is 0 Å². The minimum atomic E-state index is -0.535. The molecule has 2 rings (SSSR count). The Labute approximate surface area is 106 Å². The van der Waals surface area contributed by atoms with Crippen LogP contribution in [0.4, 0.5) is 0 Å². The quantitative estimate of drug-likeness (QED) is 0.742. The Morgan fingerprint density at radius 2 is 2.22 bits per heavy atom. The number of hydrogen-bond donors (Lipinski definition) is 3. The summed E-state index contributed by atoms with van der Waals surface area (Å²) in [5.74, 6) is 0.988. The van der Waals surface area contributed by atoms with Crippen molar-refractivity contribution in [2.75, 3.05) is 6.61 Å². The molecule has 3 N–H and O–H groups in total. The number of carbonyl (C=O) groups is 1. The van der Waals surface area contributed by atoms with Gasteiger partial charge in [-0.2, -0.15) is 0 Å². The second-order valence-corrected chi connectivity index (χ2v) is 4.98. The third-order valence-corrected chi connectivity index (χ3v) is 3.51. The van der Waals surface area contributed by atoms with Crippen molar-refractivity contribution in [2.24, 2.45) is 5.92 Å². The van der Waals surface area contributed by atoms with E-state index >= 15 is 0 Å². The van der Waals surface area contributed by atoms with E-state index in [-0.39, 0.29) is 24.5 Å². The first-order valence-corrected chi connectivity index (χ1v) is 6.18. The molecule has 0 unspecified atom stereocenters. The molecule has 5 nitrogen and oxygen atoms in total. The summed E-state index contributed by atoms with van der Waals surface area (Å²) in [6.45, 7) is 3.50. The Hall–Kier alpha value is -1.33. The van der Waals surface area contributed by atoms with Crippen LogP contribution in [0.5, 0.6) is 0 Å². The van der Waals surface area contributed by atoms with Gasteiger partial charge in [-0.05, 0) is 32.8 Å². The van der Waals surface area contributed by atoms with Crippen LogP contribution in [0.1, 0.15) is 34.7 Å². The molecule has 0 aliphatic heterocycles. The van der Waals surface area contributed by atoms with Gasteiger partial charge in [0.25, 0.3) is 5.91 Å². The van der Waals surface area contributed by atoms with Crippen LogP contribution in [-0.4, -0.2) is 34.9 Å². The summed E-state index contributed by atoms with van der Waals surface area (Å²) in [5.41, 5.74) is 0.537. The molecule has 0 aromatic carbocycles. The van der Waals surface area contributed by atoms with E-state index in [1.165, 1.54) is 0 Å². The van der Waals surface area contributed by atoms with Crippen molar-refractivity contribution in [1.29, 1.82) is 0 Å². The molecule has 3 atom stereocenters. The zero-order valence-electron chi connectivity index (χ0n) is 10.6. The molecule has 18 heavy (non-hydrogen) atoms. The Morgan fingerprint density at radius 1 is 1.50 bits per heavy atom. The lowest BCUT2D eigenvalue weighted by atomic mass is 10.1. The number of nitrogens with one attached hydrogen (secondary N) is 1. The van der Waals surface area contributed by atoms with E-state index in [4.69, 9.17) is 9.52 Å². The SMILES string of the molecule is Cc1cc(C(=O)N[C@@H]2C[C@@H](CO)[C@H](O)C2)c(C)o1. The Balaban J connectivity index is 1.99. The lowest BCUT2D eigenvalue weighted by Gasteiger charge is -2.11. The molecular formula is C13H19NO4. The Kier molecular flexibility index (Phi) is 3.73. The summed E-state index contributed by atoms with van der Waals surface area (Å²) in [7, 11) is 0. The van der Waals surface area contributed by atoms with Crippen LogP contribution in [0, 0.1) is 19.8 Å². The van der Waals surface area contributed by atoms with Crippen LogP contribution < -0.4 is 5.32 Å². The van der Waals surface area contributed by atoms with Crippen LogP contribution in [-0.2, 0) is 0 Å². The molecular weight excluding hydrogens is 234 g/mol. The molecule has 0 radical (unpaired) electrons. The van der Waals surface area contributed by atoms with Gasteiger partial charge in [-0.1, -0.05) is 0 Å². The number of rotatable bonds is 3. The Morgan fingerprint density at radius 3 is 2.72 bits per heavy atom. The van der Waals surface area contributed by atoms with Crippen molar-refractivity contribution < 1.29 is 19.4 Å². The minimum absolute atomic E-state index is 0.0443. The van der Waals surface area contributed by atoms with Gasteiger partial charge in [0.1, 0.15) is 11.5 Å². The number of aryl methyl sites for hydroxylation is 2. The van der Waals surface area contributed by atoms with Crippen LogP contribution in [0.15, 0.2) is 10.5 Å². The van der Waals surface area contributed by atoms with Gasteiger partial charge in [0.05, 0.1) is 11.7 Å². The average Bonchev–Trinajstić information content (AvgIpc) is 2.81. The third-order valence-electron chi connectivity index (χ3n) is 3.51. The average molecular weight is 253 g/mol. The van der Waals surface area contributed by atoms with Gasteiger partial charge in [-0.15, -0.1) is 0 Å². The second kappa shape index (κ2) is 5.12. The fraction of sp³-hybridized carbons (Fsp3) is 0.615. The summed E-state index contributed by atoms with van der Waals surface area (Å²) in [4.78, 5) is 12.0. The second-order valence-electron chi connectivity index (χ2n) is 4.98. The van der Waals surface area contributed by atoms with Crippen molar-refractivity contribution in [2.45, 2.75) is 38.8 Å². The predicted molar refractivity (Wildman–Crippen MR) is 65.3 cm³/mol. The van der Waals surface area contributed by atoms with Crippen molar-refractivity contribution in [3.8, 4) is 0 Å². The topological polar surface area (TPSA) is 82.7 Å². The molecule has 0 saturated heterocycles. The highest BCUT2D eigenvalue weighted by molar-refractivity contribution is 5.95. The van der Waals surface area contributed by atoms with Crippen molar-refractivity contribution in [3.05, 3.63) is 23.2 Å². The normalized spacial score (nSPS) is 27.4. The summed E-state index contributed by atoms with van der Waals surface area (Å²) < 4.78 is 5.31. The molecule has 0 bridgehead atoms. The van der Waals surface area contributed by atoms with E-state index in [0.29, 0.717) is 29.9 Å². The van der Waals surface area contributed by atoms with Crippen molar-refractivity contribution >= 4 is 5.91 Å². The fourth-order valence-electron chi connectivity index (χ4n) is 2.54.